The molecule has 5 atom stereocenters. The number of hydrogen-bond donors (Lipinski definition) is 5. The Morgan fingerprint density at radius 2 is 1.67 bits per heavy atom. The highest BCUT2D eigenvalue weighted by molar-refractivity contribution is 7.13. The van der Waals surface area contributed by atoms with Crippen LogP contribution in [0.25, 0.3) is 10.4 Å². The van der Waals surface area contributed by atoms with Crippen LogP contribution in [0.3, 0.4) is 0 Å². The van der Waals surface area contributed by atoms with Gasteiger partial charge in [-0.3, -0.25) is 24.2 Å². The van der Waals surface area contributed by atoms with E-state index in [9.17, 15) is 29.9 Å². The summed E-state index contributed by atoms with van der Waals surface area (Å²) in [6.07, 6.45) is 1.08. The second kappa shape index (κ2) is 21.3. The monoisotopic (exact) mass is 1020 g/mol. The quantitative estimate of drug-likeness (QED) is 0.0816. The summed E-state index contributed by atoms with van der Waals surface area (Å²) in [6.45, 7) is 21.2. The number of likely N-dealkylation sites (tertiary alicyclic amines) is 1. The molecule has 1 unspecified atom stereocenters. The van der Waals surface area contributed by atoms with Gasteiger partial charge >= 0.3 is 0 Å². The molecule has 5 N–H and O–H groups in total. The summed E-state index contributed by atoms with van der Waals surface area (Å²) >= 11 is 7.85. The van der Waals surface area contributed by atoms with Crippen molar-refractivity contribution in [2.45, 2.75) is 136 Å². The van der Waals surface area contributed by atoms with E-state index in [0.29, 0.717) is 27.9 Å². The summed E-state index contributed by atoms with van der Waals surface area (Å²) in [7, 11) is 0. The zero-order valence-corrected chi connectivity index (χ0v) is 44.4. The number of halogens is 1. The Bertz CT molecular complexity index is 2600. The molecule has 2 saturated heterocycles. The maximum absolute atomic E-state index is 13.8. The number of aliphatic hydroxyl groups excluding tert-OH is 2. The molecule has 4 fully saturated rings. The summed E-state index contributed by atoms with van der Waals surface area (Å²) in [5, 5.41) is 41.5. The molecule has 4 heterocycles. The second-order valence-electron chi connectivity index (χ2n) is 22.3. The van der Waals surface area contributed by atoms with Crippen molar-refractivity contribution in [1.29, 1.82) is 5.26 Å². The number of thiazole rings is 1. The third-order valence-corrected chi connectivity index (χ3v) is 16.7. The Morgan fingerprint density at radius 3 is 2.26 bits per heavy atom. The summed E-state index contributed by atoms with van der Waals surface area (Å²) in [6, 6.07) is 17.2. The molecule has 8 rings (SSSR count). The van der Waals surface area contributed by atoms with Crippen LogP contribution in [0.5, 0.6) is 5.75 Å². The molecular formula is C54H70ClN9O7S. The van der Waals surface area contributed by atoms with Gasteiger partial charge in [0.2, 0.25) is 11.8 Å². The molecule has 4 aromatic rings. The molecule has 0 spiro atoms. The van der Waals surface area contributed by atoms with Gasteiger partial charge in [0.15, 0.2) is 0 Å². The number of β-amino-alcohol motifs (C(OH)–C–C–N with tert-alkyl or cyclic N) is 1. The molecule has 3 amide bonds. The lowest BCUT2D eigenvalue weighted by atomic mass is 9.49. The Morgan fingerprint density at radius 1 is 0.972 bits per heavy atom. The average molecular weight is 1020 g/mol. The lowest BCUT2D eigenvalue weighted by Gasteiger charge is -2.63. The average Bonchev–Trinajstić information content (AvgIpc) is 3.95. The van der Waals surface area contributed by atoms with Gasteiger partial charge in [-0.15, -0.1) is 11.3 Å². The SMILES string of the molecule is Cc1ncsc1-c1ccc([C@H](C)NC(=O)[C@@H]2C[C@@H](O)CN2C(O)[C@@H](NC(=O)COC2CC(N3CCN(c4ccc(C(=O)NC5C(C)(C)C(Oc6ccc(C#N)c(Cl)c6)C5(C)C)cn4)CC3)C2)C(C)(C)C)cc1. The van der Waals surface area contributed by atoms with E-state index < -0.39 is 29.8 Å². The largest absolute Gasteiger partial charge is 0.489 e. The number of hydrogen-bond acceptors (Lipinski definition) is 14. The van der Waals surface area contributed by atoms with E-state index in [0.717, 1.165) is 66.5 Å². The molecule has 2 aliphatic carbocycles. The number of carbonyl (C=O) groups is 3. The molecule has 2 aromatic heterocycles. The van der Waals surface area contributed by atoms with E-state index in [1.165, 1.54) is 0 Å². The summed E-state index contributed by atoms with van der Waals surface area (Å²) in [5.41, 5.74) is 4.29. The lowest BCUT2D eigenvalue weighted by Crippen LogP contribution is -2.74. The van der Waals surface area contributed by atoms with Gasteiger partial charge in [-0.2, -0.15) is 5.26 Å². The zero-order valence-electron chi connectivity index (χ0n) is 42.8. The van der Waals surface area contributed by atoms with Crippen molar-refractivity contribution in [3.8, 4) is 22.3 Å². The third-order valence-electron chi connectivity index (χ3n) is 15.4. The Labute approximate surface area is 432 Å². The summed E-state index contributed by atoms with van der Waals surface area (Å²) in [4.78, 5) is 57.1. The number of pyridine rings is 1. The van der Waals surface area contributed by atoms with E-state index in [2.05, 4.69) is 64.5 Å². The van der Waals surface area contributed by atoms with E-state index in [-0.39, 0.29) is 72.4 Å². The fraction of sp³-hybridized carbons (Fsp3) is 0.556. The number of nitrogens with one attached hydrogen (secondary N) is 3. The number of amides is 3. The first-order valence-corrected chi connectivity index (χ1v) is 26.3. The number of aromatic nitrogens is 2. The fourth-order valence-corrected chi connectivity index (χ4v) is 12.5. The smallest absolute Gasteiger partial charge is 0.253 e. The zero-order chi connectivity index (χ0) is 51.9. The maximum Gasteiger partial charge on any atom is 0.253 e. The molecule has 72 heavy (non-hydrogen) atoms. The molecule has 0 bridgehead atoms. The van der Waals surface area contributed by atoms with Gasteiger partial charge in [0.1, 0.15) is 36.6 Å². The first-order valence-electron chi connectivity index (χ1n) is 25.0. The second-order valence-corrected chi connectivity index (χ2v) is 23.6. The number of nitriles is 1. The van der Waals surface area contributed by atoms with Gasteiger partial charge in [0.25, 0.3) is 5.91 Å². The minimum Gasteiger partial charge on any atom is -0.489 e. The molecule has 2 aromatic carbocycles. The molecule has 0 radical (unpaired) electrons. The molecule has 4 aliphatic rings. The Hall–Kier alpha value is -5.19. The van der Waals surface area contributed by atoms with Crippen LogP contribution in [0, 0.1) is 34.5 Å². The number of rotatable bonds is 16. The number of ether oxygens (including phenoxy) is 2. The van der Waals surface area contributed by atoms with Crippen LogP contribution < -0.4 is 25.6 Å². The van der Waals surface area contributed by atoms with Crippen LogP contribution in [0.4, 0.5) is 5.82 Å². The fourth-order valence-electron chi connectivity index (χ4n) is 11.4. The normalized spacial score (nSPS) is 25.2. The van der Waals surface area contributed by atoms with Crippen molar-refractivity contribution in [2.24, 2.45) is 16.2 Å². The van der Waals surface area contributed by atoms with Crippen molar-refractivity contribution in [3.05, 3.63) is 93.7 Å². The number of nitrogens with zero attached hydrogens (tertiary/aromatic N) is 6. The minimum absolute atomic E-state index is 0.0647. The van der Waals surface area contributed by atoms with E-state index >= 15 is 0 Å². The molecule has 2 aliphatic heterocycles. The van der Waals surface area contributed by atoms with Gasteiger partial charge in [-0.1, -0.05) is 84.3 Å². The number of anilines is 1. The Kier molecular flexibility index (Phi) is 15.7. The lowest BCUT2D eigenvalue weighted by molar-refractivity contribution is -0.164. The van der Waals surface area contributed by atoms with Gasteiger partial charge in [-0.25, -0.2) is 9.97 Å². The highest BCUT2D eigenvalue weighted by Gasteiger charge is 2.64. The van der Waals surface area contributed by atoms with Gasteiger partial charge < -0.3 is 40.5 Å². The van der Waals surface area contributed by atoms with E-state index in [4.69, 9.17) is 26.1 Å². The first kappa shape index (κ1) is 53.1. The number of piperazine rings is 1. The van der Waals surface area contributed by atoms with Crippen LogP contribution in [0.2, 0.25) is 5.02 Å². The minimum atomic E-state index is -1.24. The van der Waals surface area contributed by atoms with Crippen molar-refractivity contribution in [2.75, 3.05) is 44.2 Å². The van der Waals surface area contributed by atoms with Gasteiger partial charge in [-0.05, 0) is 73.9 Å². The highest BCUT2D eigenvalue weighted by atomic mass is 35.5. The van der Waals surface area contributed by atoms with E-state index in [1.807, 2.05) is 76.5 Å². The molecule has 2 saturated carbocycles. The molecule has 386 valence electrons. The molecule has 18 heteroatoms. The van der Waals surface area contributed by atoms with Crippen molar-refractivity contribution in [3.63, 3.8) is 0 Å². The first-order chi connectivity index (χ1) is 34.0. The predicted octanol–water partition coefficient (Wildman–Crippen LogP) is 6.48. The maximum atomic E-state index is 13.8. The third kappa shape index (κ3) is 11.3. The molecule has 16 nitrogen and oxygen atoms in total. The summed E-state index contributed by atoms with van der Waals surface area (Å²) in [5.74, 6) is 0.552. The predicted molar refractivity (Wildman–Crippen MR) is 278 cm³/mol. The van der Waals surface area contributed by atoms with Gasteiger partial charge in [0.05, 0.1) is 62.6 Å². The standard InChI is InChI=1S/C54H70ClN9O7S/c1-31(33-10-12-34(13-11-33)45-32(2)58-30-72-45)59-48(68)42-24-38(65)28-64(42)49(69)46(52(3,4)5)60-44(66)29-70-40-22-37(23-40)62-18-20-63(21-19-62)43-17-15-36(27-57-43)47(67)61-50-53(6,7)51(54(50,8)9)71-39-16-14-35(26-56)41(55)25-39/h10-17,25,27,30-31,37-38,40,42,46,49-51,65,69H,18-24,28-29H2,1-9H3,(H,59,68)(H,60,66)(H,61,67)/t31-,37?,38+,40?,42-,46+,49?,50?,51?/m0/s1. The Balaban J connectivity index is 0.759. The number of carbonyl (C=O) groups excluding carboxylic acids is 3. The van der Waals surface area contributed by atoms with Crippen LogP contribution in [-0.2, 0) is 14.3 Å². The van der Waals surface area contributed by atoms with Crippen LogP contribution in [0.1, 0.15) is 108 Å². The molecular weight excluding hydrogens is 954 g/mol. The number of aliphatic hydroxyl groups is 2. The van der Waals surface area contributed by atoms with Crippen molar-refractivity contribution >= 4 is 46.5 Å². The summed E-state index contributed by atoms with van der Waals surface area (Å²) < 4.78 is 12.5. The van der Waals surface area contributed by atoms with Crippen molar-refractivity contribution < 1.29 is 34.1 Å². The van der Waals surface area contributed by atoms with Crippen LogP contribution >= 0.6 is 22.9 Å². The van der Waals surface area contributed by atoms with Gasteiger partial charge in [0, 0.05) is 67.9 Å². The topological polar surface area (TPSA) is 206 Å². The van der Waals surface area contributed by atoms with Crippen LogP contribution in [0.15, 0.2) is 66.3 Å². The number of benzene rings is 2. The van der Waals surface area contributed by atoms with Crippen molar-refractivity contribution in [1.82, 2.24) is 35.7 Å². The van der Waals surface area contributed by atoms with Crippen LogP contribution in [-0.4, -0.2) is 136 Å². The number of aryl methyl sites for hydroxylation is 1. The highest BCUT2D eigenvalue weighted by Crippen LogP contribution is 2.55. The van der Waals surface area contributed by atoms with E-state index in [1.54, 1.807) is 40.6 Å².